The summed E-state index contributed by atoms with van der Waals surface area (Å²) in [5.74, 6) is 0.632. The van der Waals surface area contributed by atoms with E-state index in [0.717, 1.165) is 17.7 Å². The molecule has 0 saturated carbocycles. The smallest absolute Gasteiger partial charge is 0.220 e. The lowest BCUT2D eigenvalue weighted by Gasteiger charge is -2.11. The van der Waals surface area contributed by atoms with Gasteiger partial charge in [-0.1, -0.05) is 48.0 Å². The lowest BCUT2D eigenvalue weighted by Crippen LogP contribution is -2.02. The fourth-order valence-corrected chi connectivity index (χ4v) is 3.12. The van der Waals surface area contributed by atoms with Crippen LogP contribution in [0.2, 0.25) is 0 Å². The van der Waals surface area contributed by atoms with E-state index in [2.05, 4.69) is 62.2 Å². The summed E-state index contributed by atoms with van der Waals surface area (Å²) < 4.78 is 5.48. The van der Waals surface area contributed by atoms with Gasteiger partial charge in [0.1, 0.15) is 0 Å². The van der Waals surface area contributed by atoms with Gasteiger partial charge in [0.05, 0.1) is 12.8 Å². The number of hydrogen-bond donors (Lipinski definition) is 0. The second-order valence-corrected chi connectivity index (χ2v) is 6.70. The molecule has 0 spiro atoms. The van der Waals surface area contributed by atoms with E-state index >= 15 is 0 Å². The molecule has 132 valence electrons. The van der Waals surface area contributed by atoms with E-state index in [1.54, 1.807) is 7.11 Å². The van der Waals surface area contributed by atoms with Crippen LogP contribution in [0.25, 0.3) is 0 Å². The van der Waals surface area contributed by atoms with Crippen molar-refractivity contribution in [3.05, 3.63) is 100 Å². The van der Waals surface area contributed by atoms with Crippen molar-refractivity contribution >= 4 is 11.6 Å². The number of methoxy groups -OCH3 is 1. The number of aliphatic imine (C=N–C) groups is 1. The van der Waals surface area contributed by atoms with Crippen LogP contribution in [0.4, 0.5) is 5.69 Å². The predicted molar refractivity (Wildman–Crippen MR) is 110 cm³/mol. The molecule has 2 heteroatoms. The number of aryl methyl sites for hydroxylation is 3. The Bertz CT molecular complexity index is 926. The summed E-state index contributed by atoms with van der Waals surface area (Å²) in [4.78, 5) is 4.68. The number of benzene rings is 3. The third-order valence-electron chi connectivity index (χ3n) is 4.65. The maximum absolute atomic E-state index is 5.48. The first kappa shape index (κ1) is 17.9. The normalized spacial score (nSPS) is 11.5. The highest BCUT2D eigenvalue weighted by atomic mass is 16.5. The van der Waals surface area contributed by atoms with Gasteiger partial charge in [-0.3, -0.25) is 0 Å². The number of nitrogens with zero attached hydrogens (tertiary/aromatic N) is 1. The van der Waals surface area contributed by atoms with Crippen molar-refractivity contribution in [3.63, 3.8) is 0 Å². The van der Waals surface area contributed by atoms with Crippen molar-refractivity contribution < 1.29 is 4.74 Å². The molecule has 0 fully saturated rings. The summed E-state index contributed by atoms with van der Waals surface area (Å²) in [5, 5.41) is 0. The molecule has 0 aliphatic heterocycles. The minimum atomic E-state index is 0.632. The fourth-order valence-electron chi connectivity index (χ4n) is 3.12. The second-order valence-electron chi connectivity index (χ2n) is 6.70. The Hall–Kier alpha value is -2.87. The quantitative estimate of drug-likeness (QED) is 0.425. The standard InChI is InChI=1S/C24H25NO/c1-17-10-11-21(18(2)14-17)16-22-12-13-23(15-19(22)3)25-24(26-4)20-8-6-5-7-9-20/h5-15H,16H2,1-4H3. The molecule has 0 aromatic heterocycles. The molecule has 0 N–H and O–H groups in total. The van der Waals surface area contributed by atoms with Crippen molar-refractivity contribution in [2.24, 2.45) is 4.99 Å². The Morgan fingerprint density at radius 1 is 0.808 bits per heavy atom. The molecular formula is C24H25NO. The molecule has 3 aromatic rings. The van der Waals surface area contributed by atoms with E-state index in [9.17, 15) is 0 Å². The molecule has 26 heavy (non-hydrogen) atoms. The monoisotopic (exact) mass is 343 g/mol. The van der Waals surface area contributed by atoms with Crippen molar-refractivity contribution in [1.82, 2.24) is 0 Å². The minimum Gasteiger partial charge on any atom is -0.481 e. The summed E-state index contributed by atoms with van der Waals surface area (Å²) in [5.41, 5.74) is 8.48. The van der Waals surface area contributed by atoms with Crippen LogP contribution in [0.15, 0.2) is 71.7 Å². The number of rotatable bonds is 4. The van der Waals surface area contributed by atoms with E-state index in [4.69, 9.17) is 4.74 Å². The van der Waals surface area contributed by atoms with Crippen LogP contribution in [0.1, 0.15) is 33.4 Å². The molecule has 0 radical (unpaired) electrons. The molecule has 0 unspecified atom stereocenters. The lowest BCUT2D eigenvalue weighted by atomic mass is 9.96. The molecule has 0 saturated heterocycles. The van der Waals surface area contributed by atoms with Crippen LogP contribution in [0.3, 0.4) is 0 Å². The summed E-state index contributed by atoms with van der Waals surface area (Å²) in [6, 6.07) is 23.0. The predicted octanol–water partition coefficient (Wildman–Crippen LogP) is 5.93. The second kappa shape index (κ2) is 8.01. The molecule has 3 rings (SSSR count). The van der Waals surface area contributed by atoms with Gasteiger partial charge in [0, 0.05) is 5.56 Å². The van der Waals surface area contributed by atoms with Gasteiger partial charge in [-0.15, -0.1) is 0 Å². The Morgan fingerprint density at radius 3 is 2.08 bits per heavy atom. The molecule has 3 aromatic carbocycles. The Kier molecular flexibility index (Phi) is 5.52. The summed E-state index contributed by atoms with van der Waals surface area (Å²) in [7, 11) is 1.66. The van der Waals surface area contributed by atoms with Gasteiger partial charge in [-0.05, 0) is 73.7 Å². The number of hydrogen-bond acceptors (Lipinski definition) is 2. The lowest BCUT2D eigenvalue weighted by molar-refractivity contribution is 0.405. The van der Waals surface area contributed by atoms with Crippen molar-refractivity contribution in [2.45, 2.75) is 27.2 Å². The van der Waals surface area contributed by atoms with Gasteiger partial charge in [0.2, 0.25) is 5.90 Å². The molecule has 0 aliphatic rings. The Morgan fingerprint density at radius 2 is 1.46 bits per heavy atom. The molecule has 0 bridgehead atoms. The van der Waals surface area contributed by atoms with Crippen molar-refractivity contribution in [2.75, 3.05) is 7.11 Å². The van der Waals surface area contributed by atoms with Gasteiger partial charge in [-0.2, -0.15) is 0 Å². The maximum atomic E-state index is 5.48. The first-order valence-electron chi connectivity index (χ1n) is 8.90. The van der Waals surface area contributed by atoms with Gasteiger partial charge in [0.25, 0.3) is 0 Å². The summed E-state index contributed by atoms with van der Waals surface area (Å²) in [6.07, 6.45) is 0.942. The first-order valence-corrected chi connectivity index (χ1v) is 8.90. The van der Waals surface area contributed by atoms with Crippen LogP contribution in [-0.2, 0) is 11.2 Å². The number of ether oxygens (including phenoxy) is 1. The third-order valence-corrected chi connectivity index (χ3v) is 4.65. The van der Waals surface area contributed by atoms with Gasteiger partial charge in [0.15, 0.2) is 0 Å². The van der Waals surface area contributed by atoms with E-state index in [0.29, 0.717) is 5.90 Å². The molecule has 0 heterocycles. The highest BCUT2D eigenvalue weighted by Crippen LogP contribution is 2.23. The van der Waals surface area contributed by atoms with E-state index in [-0.39, 0.29) is 0 Å². The van der Waals surface area contributed by atoms with Crippen molar-refractivity contribution in [3.8, 4) is 0 Å². The van der Waals surface area contributed by atoms with E-state index < -0.39 is 0 Å². The van der Waals surface area contributed by atoms with Crippen molar-refractivity contribution in [1.29, 1.82) is 0 Å². The van der Waals surface area contributed by atoms with Gasteiger partial charge in [-0.25, -0.2) is 4.99 Å². The molecular weight excluding hydrogens is 318 g/mol. The van der Waals surface area contributed by atoms with Crippen LogP contribution in [0.5, 0.6) is 0 Å². The summed E-state index contributed by atoms with van der Waals surface area (Å²) >= 11 is 0. The highest BCUT2D eigenvalue weighted by molar-refractivity contribution is 5.95. The average Bonchev–Trinajstić information content (AvgIpc) is 2.64. The van der Waals surface area contributed by atoms with Gasteiger partial charge < -0.3 is 4.74 Å². The average molecular weight is 343 g/mol. The highest BCUT2D eigenvalue weighted by Gasteiger charge is 2.07. The SMILES string of the molecule is COC(=Nc1ccc(Cc2ccc(C)cc2C)c(C)c1)c1ccccc1. The zero-order valence-corrected chi connectivity index (χ0v) is 15.9. The minimum absolute atomic E-state index is 0.632. The van der Waals surface area contributed by atoms with Crippen LogP contribution in [-0.4, -0.2) is 13.0 Å². The topological polar surface area (TPSA) is 21.6 Å². The molecule has 0 atom stereocenters. The van der Waals surface area contributed by atoms with Crippen LogP contribution < -0.4 is 0 Å². The molecule has 2 nitrogen and oxygen atoms in total. The first-order chi connectivity index (χ1) is 12.6. The Labute approximate surface area is 156 Å². The molecule has 0 amide bonds. The zero-order valence-electron chi connectivity index (χ0n) is 15.9. The van der Waals surface area contributed by atoms with E-state index in [1.807, 2.05) is 30.3 Å². The third kappa shape index (κ3) is 4.20. The summed E-state index contributed by atoms with van der Waals surface area (Å²) in [6.45, 7) is 6.46. The van der Waals surface area contributed by atoms with Gasteiger partial charge >= 0.3 is 0 Å². The maximum Gasteiger partial charge on any atom is 0.220 e. The van der Waals surface area contributed by atoms with Crippen LogP contribution in [0, 0.1) is 20.8 Å². The van der Waals surface area contributed by atoms with Crippen LogP contribution >= 0.6 is 0 Å². The largest absolute Gasteiger partial charge is 0.481 e. The fraction of sp³-hybridized carbons (Fsp3) is 0.208. The molecule has 0 aliphatic carbocycles. The zero-order chi connectivity index (χ0) is 18.5. The van der Waals surface area contributed by atoms with E-state index in [1.165, 1.54) is 27.8 Å². The Balaban J connectivity index is 1.86.